The molecule has 0 unspecified atom stereocenters. The number of rotatable bonds is 4. The first-order valence-electron chi connectivity index (χ1n) is 11.3. The lowest BCUT2D eigenvalue weighted by Gasteiger charge is -2.56. The summed E-state index contributed by atoms with van der Waals surface area (Å²) in [5.41, 5.74) is 2.97. The standard InChI is InChI=1S/C27H26FN3O3S/c1-15-8-13-20(16(2)14-15)29-25(32)22-23-19-6-5-7-21(33-4)24(19)34-27(22,3)31(26(35)30-23)18-11-9-17(28)10-12-18/h5-14,22-23H,1-4H3,(H,29,32)(H,30,35)/t22-,23-,27-/m1/s1. The average molecular weight is 492 g/mol. The van der Waals surface area contributed by atoms with Gasteiger partial charge in [0.1, 0.15) is 11.7 Å². The third kappa shape index (κ3) is 3.78. The molecule has 2 heterocycles. The lowest BCUT2D eigenvalue weighted by Crippen LogP contribution is -2.72. The third-order valence-corrected chi connectivity index (χ3v) is 7.02. The first kappa shape index (κ1) is 23.1. The predicted molar refractivity (Wildman–Crippen MR) is 137 cm³/mol. The van der Waals surface area contributed by atoms with E-state index in [0.717, 1.165) is 22.4 Å². The number of para-hydroxylation sites is 1. The first-order valence-corrected chi connectivity index (χ1v) is 11.7. The summed E-state index contributed by atoms with van der Waals surface area (Å²) in [5.74, 6) is -0.200. The number of thiocarbonyl (C=S) groups is 1. The number of aryl methyl sites for hydroxylation is 2. The second-order valence-corrected chi connectivity index (χ2v) is 9.45. The normalized spacial score (nSPS) is 22.5. The van der Waals surface area contributed by atoms with Crippen LogP contribution in [0.5, 0.6) is 11.5 Å². The topological polar surface area (TPSA) is 62.8 Å². The van der Waals surface area contributed by atoms with Gasteiger partial charge in [-0.3, -0.25) is 9.69 Å². The largest absolute Gasteiger partial charge is 0.493 e. The molecule has 3 atom stereocenters. The highest BCUT2D eigenvalue weighted by atomic mass is 32.1. The number of hydrogen-bond acceptors (Lipinski definition) is 4. The Balaban J connectivity index is 1.64. The molecule has 180 valence electrons. The van der Waals surface area contributed by atoms with E-state index in [1.54, 1.807) is 24.1 Å². The van der Waals surface area contributed by atoms with E-state index in [2.05, 4.69) is 10.6 Å². The van der Waals surface area contributed by atoms with Gasteiger partial charge in [-0.2, -0.15) is 0 Å². The second-order valence-electron chi connectivity index (χ2n) is 9.06. The molecule has 2 aliphatic heterocycles. The first-order chi connectivity index (χ1) is 16.7. The van der Waals surface area contributed by atoms with Crippen LogP contribution in [0.4, 0.5) is 15.8 Å². The predicted octanol–water partition coefficient (Wildman–Crippen LogP) is 5.25. The van der Waals surface area contributed by atoms with Crippen LogP contribution in [0.1, 0.15) is 29.7 Å². The van der Waals surface area contributed by atoms with Crippen LogP contribution in [0, 0.1) is 25.6 Å². The van der Waals surface area contributed by atoms with Crippen LogP contribution in [0.15, 0.2) is 60.7 Å². The van der Waals surface area contributed by atoms with Crippen molar-refractivity contribution in [1.82, 2.24) is 5.32 Å². The number of fused-ring (bicyclic) bond motifs is 4. The fraction of sp³-hybridized carbons (Fsp3) is 0.259. The van der Waals surface area contributed by atoms with Gasteiger partial charge in [-0.15, -0.1) is 0 Å². The van der Waals surface area contributed by atoms with Gasteiger partial charge in [-0.1, -0.05) is 29.8 Å². The number of benzene rings is 3. The van der Waals surface area contributed by atoms with Gasteiger partial charge in [0.05, 0.1) is 13.2 Å². The van der Waals surface area contributed by atoms with Crippen molar-refractivity contribution in [3.63, 3.8) is 0 Å². The van der Waals surface area contributed by atoms with Crippen LogP contribution < -0.4 is 25.0 Å². The van der Waals surface area contributed by atoms with Crippen LogP contribution in [-0.4, -0.2) is 23.9 Å². The highest BCUT2D eigenvalue weighted by Crippen LogP contribution is 2.52. The highest BCUT2D eigenvalue weighted by Gasteiger charge is 2.59. The molecule has 6 nitrogen and oxygen atoms in total. The van der Waals surface area contributed by atoms with Gasteiger partial charge in [0.15, 0.2) is 22.3 Å². The molecular formula is C27H26FN3O3S. The van der Waals surface area contributed by atoms with Crippen molar-refractivity contribution >= 4 is 34.6 Å². The molecule has 35 heavy (non-hydrogen) atoms. The van der Waals surface area contributed by atoms with E-state index in [-0.39, 0.29) is 11.7 Å². The minimum atomic E-state index is -1.23. The fourth-order valence-corrected chi connectivity index (χ4v) is 5.49. The SMILES string of the molecule is COc1cccc2c1O[C@]1(C)[C@@H](C(=O)Nc3ccc(C)cc3C)[C@@H]2NC(=S)N1c1ccc(F)cc1. The second kappa shape index (κ2) is 8.53. The molecule has 2 aliphatic rings. The maximum atomic E-state index is 13.9. The molecule has 1 fully saturated rings. The number of methoxy groups -OCH3 is 1. The van der Waals surface area contributed by atoms with Gasteiger partial charge in [-0.25, -0.2) is 4.39 Å². The molecule has 3 aromatic rings. The fourth-order valence-electron chi connectivity index (χ4n) is 5.07. The van der Waals surface area contributed by atoms with Crippen molar-refractivity contribution in [2.24, 2.45) is 5.92 Å². The molecule has 3 aromatic carbocycles. The van der Waals surface area contributed by atoms with Gasteiger partial charge >= 0.3 is 0 Å². The smallest absolute Gasteiger partial charge is 0.236 e. The number of nitrogens with zero attached hydrogens (tertiary/aromatic N) is 1. The zero-order chi connectivity index (χ0) is 24.9. The molecule has 1 saturated heterocycles. The van der Waals surface area contributed by atoms with E-state index >= 15 is 0 Å². The summed E-state index contributed by atoms with van der Waals surface area (Å²) in [5, 5.41) is 6.83. The monoisotopic (exact) mass is 491 g/mol. The van der Waals surface area contributed by atoms with Crippen molar-refractivity contribution in [3.8, 4) is 11.5 Å². The van der Waals surface area contributed by atoms with Crippen LogP contribution in [0.2, 0.25) is 0 Å². The van der Waals surface area contributed by atoms with Crippen molar-refractivity contribution < 1.29 is 18.7 Å². The Morgan fingerprint density at radius 2 is 1.91 bits per heavy atom. The zero-order valence-electron chi connectivity index (χ0n) is 19.9. The van der Waals surface area contributed by atoms with E-state index in [1.807, 2.05) is 57.2 Å². The molecule has 0 aliphatic carbocycles. The number of carbonyl (C=O) groups is 1. The molecule has 0 radical (unpaired) electrons. The maximum Gasteiger partial charge on any atom is 0.236 e. The number of amides is 1. The highest BCUT2D eigenvalue weighted by molar-refractivity contribution is 7.80. The van der Waals surface area contributed by atoms with Crippen molar-refractivity contribution in [3.05, 3.63) is 83.2 Å². The Labute approximate surface area is 209 Å². The Hall–Kier alpha value is -3.65. The minimum absolute atomic E-state index is 0.222. The molecule has 1 amide bonds. The molecule has 0 spiro atoms. The number of hydrogen-bond donors (Lipinski definition) is 2. The van der Waals surface area contributed by atoms with E-state index in [4.69, 9.17) is 21.7 Å². The van der Waals surface area contributed by atoms with E-state index < -0.39 is 17.7 Å². The number of nitrogens with one attached hydrogen (secondary N) is 2. The zero-order valence-corrected chi connectivity index (χ0v) is 20.7. The third-order valence-electron chi connectivity index (χ3n) is 6.72. The van der Waals surface area contributed by atoms with Gasteiger partial charge < -0.3 is 20.1 Å². The Morgan fingerprint density at radius 1 is 1.17 bits per heavy atom. The summed E-state index contributed by atoms with van der Waals surface area (Å²) in [7, 11) is 1.58. The minimum Gasteiger partial charge on any atom is -0.493 e. The van der Waals surface area contributed by atoms with Crippen LogP contribution in [0.3, 0.4) is 0 Å². The van der Waals surface area contributed by atoms with Crippen molar-refractivity contribution in [2.45, 2.75) is 32.5 Å². The number of anilines is 2. The van der Waals surface area contributed by atoms with E-state index in [0.29, 0.717) is 22.3 Å². The summed E-state index contributed by atoms with van der Waals surface area (Å²) in [6.45, 7) is 5.80. The van der Waals surface area contributed by atoms with Gasteiger partial charge in [0.2, 0.25) is 5.91 Å². The van der Waals surface area contributed by atoms with Crippen molar-refractivity contribution in [2.75, 3.05) is 17.3 Å². The Kier molecular flexibility index (Phi) is 5.63. The summed E-state index contributed by atoms with van der Waals surface area (Å²) in [6.07, 6.45) is 0. The molecule has 2 bridgehead atoms. The summed E-state index contributed by atoms with van der Waals surface area (Å²) in [4.78, 5) is 15.7. The number of halogens is 1. The van der Waals surface area contributed by atoms with Crippen LogP contribution >= 0.6 is 12.2 Å². The molecule has 8 heteroatoms. The summed E-state index contributed by atoms with van der Waals surface area (Å²) < 4.78 is 25.9. The van der Waals surface area contributed by atoms with Gasteiger partial charge in [-0.05, 0) is 75.0 Å². The van der Waals surface area contributed by atoms with Crippen LogP contribution in [0.25, 0.3) is 0 Å². The molecule has 0 aromatic heterocycles. The quantitative estimate of drug-likeness (QED) is 0.486. The van der Waals surface area contributed by atoms with Gasteiger partial charge in [0.25, 0.3) is 0 Å². The molecule has 0 saturated carbocycles. The Morgan fingerprint density at radius 3 is 2.60 bits per heavy atom. The molecule has 2 N–H and O–H groups in total. The molecular weight excluding hydrogens is 465 g/mol. The van der Waals surface area contributed by atoms with E-state index in [1.165, 1.54) is 12.1 Å². The molecule has 5 rings (SSSR count). The average Bonchev–Trinajstić information content (AvgIpc) is 2.81. The van der Waals surface area contributed by atoms with E-state index in [9.17, 15) is 9.18 Å². The van der Waals surface area contributed by atoms with Crippen molar-refractivity contribution in [1.29, 1.82) is 0 Å². The summed E-state index contributed by atoms with van der Waals surface area (Å²) in [6, 6.07) is 17.0. The Bertz CT molecular complexity index is 1330. The summed E-state index contributed by atoms with van der Waals surface area (Å²) >= 11 is 5.74. The lowest BCUT2D eigenvalue weighted by molar-refractivity contribution is -0.130. The number of ether oxygens (including phenoxy) is 2. The number of carbonyl (C=O) groups excluding carboxylic acids is 1. The van der Waals surface area contributed by atoms with Crippen LogP contribution in [-0.2, 0) is 4.79 Å². The maximum absolute atomic E-state index is 13.9. The lowest BCUT2D eigenvalue weighted by atomic mass is 9.78. The van der Waals surface area contributed by atoms with Gasteiger partial charge in [0, 0.05) is 16.9 Å².